The summed E-state index contributed by atoms with van der Waals surface area (Å²) < 4.78 is 14.7. The molecule has 0 fully saturated rings. The number of halogens is 1. The van der Waals surface area contributed by atoms with Crippen molar-refractivity contribution in [2.45, 2.75) is 19.5 Å². The number of nitrogens with two attached hydrogens (primary N) is 1. The standard InChI is InChI=1S/C13H15FN4O/c1-9(8-18-6-2-5-16-18)17-13(19)10-3-4-11(14)12(15)7-10/h2-7,9H,8,15H2,1H3,(H,17,19). The molecule has 1 heterocycles. The van der Waals surface area contributed by atoms with E-state index in [1.54, 1.807) is 10.9 Å². The smallest absolute Gasteiger partial charge is 0.251 e. The maximum atomic E-state index is 13.0. The average molecular weight is 262 g/mol. The van der Waals surface area contributed by atoms with Crippen molar-refractivity contribution in [1.29, 1.82) is 0 Å². The van der Waals surface area contributed by atoms with E-state index >= 15 is 0 Å². The highest BCUT2D eigenvalue weighted by atomic mass is 19.1. The third-order valence-corrected chi connectivity index (χ3v) is 2.66. The zero-order valence-corrected chi connectivity index (χ0v) is 10.5. The second kappa shape index (κ2) is 5.51. The zero-order valence-electron chi connectivity index (χ0n) is 10.5. The molecule has 1 amide bonds. The van der Waals surface area contributed by atoms with Crippen LogP contribution in [0.5, 0.6) is 0 Å². The van der Waals surface area contributed by atoms with Crippen molar-refractivity contribution in [2.75, 3.05) is 5.73 Å². The van der Waals surface area contributed by atoms with Crippen molar-refractivity contribution in [3.8, 4) is 0 Å². The Balaban J connectivity index is 1.98. The zero-order chi connectivity index (χ0) is 13.8. The Hall–Kier alpha value is -2.37. The van der Waals surface area contributed by atoms with Crippen molar-refractivity contribution in [1.82, 2.24) is 15.1 Å². The number of nitrogens with zero attached hydrogens (tertiary/aromatic N) is 2. The first kappa shape index (κ1) is 13.1. The molecular weight excluding hydrogens is 247 g/mol. The summed E-state index contributed by atoms with van der Waals surface area (Å²) in [6, 6.07) is 5.63. The number of hydrogen-bond acceptors (Lipinski definition) is 3. The van der Waals surface area contributed by atoms with E-state index in [9.17, 15) is 9.18 Å². The van der Waals surface area contributed by atoms with Gasteiger partial charge >= 0.3 is 0 Å². The molecule has 0 spiro atoms. The van der Waals surface area contributed by atoms with Gasteiger partial charge in [-0.25, -0.2) is 4.39 Å². The van der Waals surface area contributed by atoms with E-state index in [1.807, 2.05) is 19.2 Å². The Morgan fingerprint density at radius 2 is 2.37 bits per heavy atom. The SMILES string of the molecule is CC(Cn1cccn1)NC(=O)c1ccc(F)c(N)c1. The van der Waals surface area contributed by atoms with Gasteiger partial charge in [0.15, 0.2) is 0 Å². The Kier molecular flexibility index (Phi) is 3.79. The first-order valence-electron chi connectivity index (χ1n) is 5.89. The Morgan fingerprint density at radius 1 is 1.58 bits per heavy atom. The molecular formula is C13H15FN4O. The number of carbonyl (C=O) groups is 1. The summed E-state index contributed by atoms with van der Waals surface area (Å²) in [7, 11) is 0. The summed E-state index contributed by atoms with van der Waals surface area (Å²) in [6.45, 7) is 2.43. The van der Waals surface area contributed by atoms with E-state index < -0.39 is 5.82 Å². The van der Waals surface area contributed by atoms with Crippen molar-refractivity contribution < 1.29 is 9.18 Å². The van der Waals surface area contributed by atoms with Crippen LogP contribution in [0.25, 0.3) is 0 Å². The fourth-order valence-corrected chi connectivity index (χ4v) is 1.73. The maximum Gasteiger partial charge on any atom is 0.251 e. The fourth-order valence-electron chi connectivity index (χ4n) is 1.73. The number of nitrogen functional groups attached to an aromatic ring is 1. The predicted molar refractivity (Wildman–Crippen MR) is 70.0 cm³/mol. The highest BCUT2D eigenvalue weighted by molar-refractivity contribution is 5.95. The molecule has 19 heavy (non-hydrogen) atoms. The summed E-state index contributed by atoms with van der Waals surface area (Å²) in [5.41, 5.74) is 5.73. The van der Waals surface area contributed by atoms with Gasteiger partial charge in [0.1, 0.15) is 5.82 Å². The second-order valence-corrected chi connectivity index (χ2v) is 4.34. The summed E-state index contributed by atoms with van der Waals surface area (Å²) in [4.78, 5) is 11.9. The molecule has 3 N–H and O–H groups in total. The topological polar surface area (TPSA) is 72.9 Å². The predicted octanol–water partition coefficient (Wildman–Crippen LogP) is 1.42. The Morgan fingerprint density at radius 3 is 3.00 bits per heavy atom. The monoisotopic (exact) mass is 262 g/mol. The minimum Gasteiger partial charge on any atom is -0.396 e. The van der Waals surface area contributed by atoms with E-state index in [4.69, 9.17) is 5.73 Å². The number of carbonyl (C=O) groups excluding carboxylic acids is 1. The van der Waals surface area contributed by atoms with Crippen LogP contribution in [-0.4, -0.2) is 21.7 Å². The third kappa shape index (κ3) is 3.31. The Labute approximate surface area is 110 Å². The minimum absolute atomic E-state index is 0.0348. The van der Waals surface area contributed by atoms with Gasteiger partial charge in [-0.3, -0.25) is 9.48 Å². The molecule has 0 bridgehead atoms. The molecule has 1 aromatic carbocycles. The Bertz CT molecular complexity index is 568. The molecule has 1 atom stereocenters. The van der Waals surface area contributed by atoms with Crippen LogP contribution in [0.15, 0.2) is 36.7 Å². The minimum atomic E-state index is -0.527. The largest absolute Gasteiger partial charge is 0.396 e. The van der Waals surface area contributed by atoms with Gasteiger partial charge in [0.2, 0.25) is 0 Å². The highest BCUT2D eigenvalue weighted by Gasteiger charge is 2.11. The van der Waals surface area contributed by atoms with Crippen LogP contribution in [0.4, 0.5) is 10.1 Å². The lowest BCUT2D eigenvalue weighted by atomic mass is 10.1. The number of aromatic nitrogens is 2. The second-order valence-electron chi connectivity index (χ2n) is 4.34. The maximum absolute atomic E-state index is 13.0. The summed E-state index contributed by atoms with van der Waals surface area (Å²) in [5, 5.41) is 6.86. The van der Waals surface area contributed by atoms with Crippen LogP contribution in [0.3, 0.4) is 0 Å². The van der Waals surface area contributed by atoms with E-state index in [2.05, 4.69) is 10.4 Å². The third-order valence-electron chi connectivity index (χ3n) is 2.66. The van der Waals surface area contributed by atoms with Gasteiger partial charge in [-0.2, -0.15) is 5.10 Å². The molecule has 0 saturated heterocycles. The number of nitrogens with one attached hydrogen (secondary N) is 1. The van der Waals surface area contributed by atoms with Gasteiger partial charge < -0.3 is 11.1 Å². The number of anilines is 1. The molecule has 1 unspecified atom stereocenters. The molecule has 1 aromatic heterocycles. The van der Waals surface area contributed by atoms with Crippen LogP contribution >= 0.6 is 0 Å². The van der Waals surface area contributed by atoms with Gasteiger partial charge in [0, 0.05) is 24.0 Å². The average Bonchev–Trinajstić information content (AvgIpc) is 2.85. The quantitative estimate of drug-likeness (QED) is 0.818. The van der Waals surface area contributed by atoms with Crippen LogP contribution in [0.1, 0.15) is 17.3 Å². The molecule has 2 rings (SSSR count). The normalized spacial score (nSPS) is 12.1. The number of benzene rings is 1. The lowest BCUT2D eigenvalue weighted by Gasteiger charge is -2.14. The molecule has 5 nitrogen and oxygen atoms in total. The molecule has 0 aliphatic carbocycles. The van der Waals surface area contributed by atoms with Gasteiger partial charge in [-0.05, 0) is 31.2 Å². The molecule has 2 aromatic rings. The molecule has 0 saturated carbocycles. The molecule has 6 heteroatoms. The number of hydrogen-bond donors (Lipinski definition) is 2. The van der Waals surface area contributed by atoms with E-state index in [0.717, 1.165) is 0 Å². The van der Waals surface area contributed by atoms with Gasteiger partial charge in [0.25, 0.3) is 5.91 Å². The van der Waals surface area contributed by atoms with Crippen LogP contribution in [0.2, 0.25) is 0 Å². The number of rotatable bonds is 4. The van der Waals surface area contributed by atoms with Crippen molar-refractivity contribution in [3.63, 3.8) is 0 Å². The summed E-state index contributed by atoms with van der Waals surface area (Å²) in [5.74, 6) is -0.813. The lowest BCUT2D eigenvalue weighted by Crippen LogP contribution is -2.35. The first-order valence-corrected chi connectivity index (χ1v) is 5.89. The van der Waals surface area contributed by atoms with Crippen LogP contribution < -0.4 is 11.1 Å². The van der Waals surface area contributed by atoms with Crippen LogP contribution in [-0.2, 0) is 6.54 Å². The highest BCUT2D eigenvalue weighted by Crippen LogP contribution is 2.12. The first-order chi connectivity index (χ1) is 9.06. The van der Waals surface area contributed by atoms with E-state index in [1.165, 1.54) is 18.2 Å². The van der Waals surface area contributed by atoms with Gasteiger partial charge in [-0.1, -0.05) is 0 Å². The molecule has 0 aliphatic rings. The van der Waals surface area contributed by atoms with Gasteiger partial charge in [-0.15, -0.1) is 0 Å². The lowest BCUT2D eigenvalue weighted by molar-refractivity contribution is 0.0936. The molecule has 100 valence electrons. The van der Waals surface area contributed by atoms with Crippen molar-refractivity contribution in [3.05, 3.63) is 48.0 Å². The van der Waals surface area contributed by atoms with E-state index in [0.29, 0.717) is 12.1 Å². The number of amides is 1. The fraction of sp³-hybridized carbons (Fsp3) is 0.231. The molecule has 0 radical (unpaired) electrons. The van der Waals surface area contributed by atoms with E-state index in [-0.39, 0.29) is 17.6 Å². The summed E-state index contributed by atoms with van der Waals surface area (Å²) in [6.07, 6.45) is 3.49. The van der Waals surface area contributed by atoms with Crippen LogP contribution in [0, 0.1) is 5.82 Å². The summed E-state index contributed by atoms with van der Waals surface area (Å²) >= 11 is 0. The van der Waals surface area contributed by atoms with Gasteiger partial charge in [0.05, 0.1) is 12.2 Å². The van der Waals surface area contributed by atoms with Crippen molar-refractivity contribution in [2.24, 2.45) is 0 Å². The van der Waals surface area contributed by atoms with Crippen molar-refractivity contribution >= 4 is 11.6 Å². The molecule has 0 aliphatic heterocycles.